The van der Waals surface area contributed by atoms with Gasteiger partial charge in [0.25, 0.3) is 0 Å². The van der Waals surface area contributed by atoms with Gasteiger partial charge in [-0.25, -0.2) is 8.42 Å². The van der Waals surface area contributed by atoms with Crippen molar-refractivity contribution in [3.8, 4) is 0 Å². The minimum Gasteiger partial charge on any atom is -0.481 e. The first-order valence-electron chi connectivity index (χ1n) is 6.96. The molecule has 2 atom stereocenters. The normalized spacial score (nSPS) is 20.2. The number of nitrogens with one attached hydrogen (secondary N) is 2. The number of carboxylic acids is 1. The zero-order valence-electron chi connectivity index (χ0n) is 12.1. The van der Waals surface area contributed by atoms with Gasteiger partial charge in [-0.3, -0.25) is 14.3 Å². The van der Waals surface area contributed by atoms with Crippen LogP contribution in [0.3, 0.4) is 0 Å². The van der Waals surface area contributed by atoms with E-state index >= 15 is 0 Å². The number of anilines is 2. The van der Waals surface area contributed by atoms with E-state index in [0.717, 1.165) is 0 Å². The molecule has 8 heteroatoms. The Morgan fingerprint density at radius 1 is 1.27 bits per heavy atom. The Morgan fingerprint density at radius 2 is 1.95 bits per heavy atom. The molecular formula is C14H18N2O5S. The lowest BCUT2D eigenvalue weighted by Gasteiger charge is -2.09. The maximum Gasteiger partial charge on any atom is 0.307 e. The van der Waals surface area contributed by atoms with Crippen molar-refractivity contribution in [1.29, 1.82) is 0 Å². The molecule has 1 aliphatic rings. The molecule has 1 aromatic carbocycles. The van der Waals surface area contributed by atoms with Crippen molar-refractivity contribution < 1.29 is 23.1 Å². The van der Waals surface area contributed by atoms with Crippen LogP contribution in [0.15, 0.2) is 24.3 Å². The Bertz CT molecular complexity index is 686. The number of sulfonamides is 1. The summed E-state index contributed by atoms with van der Waals surface area (Å²) >= 11 is 0. The number of carbonyl (C=O) groups is 2. The molecule has 3 N–H and O–H groups in total. The van der Waals surface area contributed by atoms with E-state index in [1.54, 1.807) is 25.1 Å². The smallest absolute Gasteiger partial charge is 0.307 e. The first kappa shape index (κ1) is 16.3. The van der Waals surface area contributed by atoms with Gasteiger partial charge in [0.05, 0.1) is 23.3 Å². The third kappa shape index (κ3) is 4.20. The average Bonchev–Trinajstić information content (AvgIpc) is 3.18. The van der Waals surface area contributed by atoms with Crippen molar-refractivity contribution in [3.05, 3.63) is 24.3 Å². The van der Waals surface area contributed by atoms with Crippen molar-refractivity contribution >= 4 is 33.3 Å². The maximum absolute atomic E-state index is 11.9. The van der Waals surface area contributed by atoms with Crippen LogP contribution in [0.25, 0.3) is 0 Å². The van der Waals surface area contributed by atoms with Gasteiger partial charge in [-0.15, -0.1) is 0 Å². The van der Waals surface area contributed by atoms with Gasteiger partial charge in [-0.1, -0.05) is 13.0 Å². The van der Waals surface area contributed by atoms with Crippen molar-refractivity contribution in [2.24, 2.45) is 11.8 Å². The topological polar surface area (TPSA) is 113 Å². The minimum atomic E-state index is -3.39. The molecule has 2 rings (SSSR count). The van der Waals surface area contributed by atoms with Crippen LogP contribution in [0.1, 0.15) is 19.8 Å². The summed E-state index contributed by atoms with van der Waals surface area (Å²) in [6.45, 7) is 1.77. The third-order valence-corrected chi connectivity index (χ3v) is 4.81. The molecule has 1 fully saturated rings. The highest BCUT2D eigenvalue weighted by molar-refractivity contribution is 7.92. The van der Waals surface area contributed by atoms with Crippen molar-refractivity contribution in [2.45, 2.75) is 19.8 Å². The van der Waals surface area contributed by atoms with E-state index in [1.807, 2.05) is 0 Å². The van der Waals surface area contributed by atoms with E-state index in [9.17, 15) is 18.0 Å². The summed E-state index contributed by atoms with van der Waals surface area (Å²) in [5.41, 5.74) is 0.787. The van der Waals surface area contributed by atoms with Crippen LogP contribution in [0, 0.1) is 11.8 Å². The molecule has 120 valence electrons. The maximum atomic E-state index is 11.9. The number of amides is 1. The van der Waals surface area contributed by atoms with Gasteiger partial charge in [0, 0.05) is 5.69 Å². The predicted octanol–water partition coefficient (Wildman–Crippen LogP) is 1.50. The van der Waals surface area contributed by atoms with Gasteiger partial charge in [-0.05, 0) is 31.0 Å². The first-order chi connectivity index (χ1) is 10.3. The summed E-state index contributed by atoms with van der Waals surface area (Å²) in [6, 6.07) is 6.32. The average molecular weight is 326 g/mol. The van der Waals surface area contributed by atoms with Gasteiger partial charge in [0.2, 0.25) is 15.9 Å². The molecule has 0 spiro atoms. The second-order valence-electron chi connectivity index (χ2n) is 5.28. The lowest BCUT2D eigenvalue weighted by Crippen LogP contribution is -2.18. The Hall–Kier alpha value is -2.09. The molecule has 1 saturated carbocycles. The lowest BCUT2D eigenvalue weighted by atomic mass is 10.2. The zero-order chi connectivity index (χ0) is 16.3. The van der Waals surface area contributed by atoms with E-state index in [1.165, 1.54) is 6.07 Å². The van der Waals surface area contributed by atoms with Crippen LogP contribution in [-0.2, 0) is 19.6 Å². The molecule has 2 unspecified atom stereocenters. The molecule has 0 heterocycles. The Kier molecular flexibility index (Phi) is 4.70. The zero-order valence-corrected chi connectivity index (χ0v) is 12.9. The summed E-state index contributed by atoms with van der Waals surface area (Å²) in [5, 5.41) is 11.4. The second kappa shape index (κ2) is 6.35. The number of carboxylic acid groups (broad SMARTS) is 1. The highest BCUT2D eigenvalue weighted by atomic mass is 32.2. The molecule has 0 bridgehead atoms. The van der Waals surface area contributed by atoms with Gasteiger partial charge in [-0.2, -0.15) is 0 Å². The van der Waals surface area contributed by atoms with Crippen LogP contribution < -0.4 is 10.0 Å². The number of rotatable bonds is 7. The highest BCUT2D eigenvalue weighted by Gasteiger charge is 2.48. The van der Waals surface area contributed by atoms with Crippen LogP contribution in [0.5, 0.6) is 0 Å². The van der Waals surface area contributed by atoms with Crippen LogP contribution >= 0.6 is 0 Å². The van der Waals surface area contributed by atoms with Gasteiger partial charge in [0.15, 0.2) is 0 Å². The SMILES string of the molecule is CCCS(=O)(=O)Nc1cccc(NC(=O)C2CC2C(=O)O)c1. The third-order valence-electron chi connectivity index (χ3n) is 3.32. The predicted molar refractivity (Wildman–Crippen MR) is 82.0 cm³/mol. The number of carbonyl (C=O) groups excluding carboxylic acids is 1. The fourth-order valence-electron chi connectivity index (χ4n) is 2.15. The first-order valence-corrected chi connectivity index (χ1v) is 8.62. The van der Waals surface area contributed by atoms with Crippen LogP contribution in [-0.4, -0.2) is 31.2 Å². The van der Waals surface area contributed by atoms with Crippen LogP contribution in [0.4, 0.5) is 11.4 Å². The Balaban J connectivity index is 2.00. The fraction of sp³-hybridized carbons (Fsp3) is 0.429. The minimum absolute atomic E-state index is 0.0198. The molecule has 0 aromatic heterocycles. The molecule has 1 aromatic rings. The summed E-state index contributed by atoms with van der Waals surface area (Å²) in [4.78, 5) is 22.6. The highest BCUT2D eigenvalue weighted by Crippen LogP contribution is 2.39. The van der Waals surface area contributed by atoms with E-state index in [0.29, 0.717) is 24.2 Å². The van der Waals surface area contributed by atoms with E-state index in [2.05, 4.69) is 10.0 Å². The molecule has 1 aliphatic carbocycles. The fourth-order valence-corrected chi connectivity index (χ4v) is 3.28. The van der Waals surface area contributed by atoms with Crippen molar-refractivity contribution in [2.75, 3.05) is 15.8 Å². The summed E-state index contributed by atoms with van der Waals surface area (Å²) in [5.74, 6) is -2.45. The number of hydrogen-bond acceptors (Lipinski definition) is 4. The largest absolute Gasteiger partial charge is 0.481 e. The molecular weight excluding hydrogens is 308 g/mol. The monoisotopic (exact) mass is 326 g/mol. The molecule has 22 heavy (non-hydrogen) atoms. The number of aliphatic carboxylic acids is 1. The Labute approximate surface area is 128 Å². The van der Waals surface area contributed by atoms with Crippen molar-refractivity contribution in [3.63, 3.8) is 0 Å². The van der Waals surface area contributed by atoms with E-state index in [4.69, 9.17) is 5.11 Å². The van der Waals surface area contributed by atoms with Gasteiger partial charge in [0.1, 0.15) is 0 Å². The standard InChI is InChI=1S/C14H18N2O5S/c1-2-6-22(20,21)16-10-5-3-4-9(7-10)15-13(17)11-8-12(11)14(18)19/h3-5,7,11-12,16H,2,6,8H2,1H3,(H,15,17)(H,18,19). The molecule has 0 aliphatic heterocycles. The Morgan fingerprint density at radius 3 is 2.55 bits per heavy atom. The van der Waals surface area contributed by atoms with E-state index < -0.39 is 27.8 Å². The molecule has 7 nitrogen and oxygen atoms in total. The summed E-state index contributed by atoms with van der Waals surface area (Å²) in [7, 11) is -3.39. The number of benzene rings is 1. The second-order valence-corrected chi connectivity index (χ2v) is 7.12. The van der Waals surface area contributed by atoms with Crippen molar-refractivity contribution in [1.82, 2.24) is 0 Å². The summed E-state index contributed by atoms with van der Waals surface area (Å²) < 4.78 is 25.8. The molecule has 1 amide bonds. The van der Waals surface area contributed by atoms with Gasteiger partial charge >= 0.3 is 5.97 Å². The summed E-state index contributed by atoms with van der Waals surface area (Å²) in [6.07, 6.45) is 0.841. The quantitative estimate of drug-likeness (QED) is 0.703. The lowest BCUT2D eigenvalue weighted by molar-refractivity contribution is -0.139. The van der Waals surface area contributed by atoms with E-state index in [-0.39, 0.29) is 11.7 Å². The number of hydrogen-bond donors (Lipinski definition) is 3. The molecule has 0 radical (unpaired) electrons. The van der Waals surface area contributed by atoms with Crippen LogP contribution in [0.2, 0.25) is 0 Å². The molecule has 0 saturated heterocycles. The van der Waals surface area contributed by atoms with Gasteiger partial charge < -0.3 is 10.4 Å².